The zero-order chi connectivity index (χ0) is 12.6. The fourth-order valence-corrected chi connectivity index (χ4v) is 2.90. The second kappa shape index (κ2) is 4.20. The maximum atomic E-state index is 12.0. The van der Waals surface area contributed by atoms with Gasteiger partial charge >= 0.3 is 0 Å². The summed E-state index contributed by atoms with van der Waals surface area (Å²) in [5.74, 6) is 0. The van der Waals surface area contributed by atoms with Crippen LogP contribution in [0.15, 0.2) is 17.2 Å². The number of aryl methyl sites for hydroxylation is 1. The van der Waals surface area contributed by atoms with Gasteiger partial charge in [0, 0.05) is 31.0 Å². The Kier molecular flexibility index (Phi) is 3.47. The third kappa shape index (κ3) is 3.07. The highest BCUT2D eigenvalue weighted by Crippen LogP contribution is 2.15. The Labute approximate surface area is 96.7 Å². The van der Waals surface area contributed by atoms with Crippen LogP contribution < -0.4 is 10.5 Å². The van der Waals surface area contributed by atoms with Crippen molar-refractivity contribution >= 4 is 10.0 Å². The fourth-order valence-electron chi connectivity index (χ4n) is 1.39. The van der Waals surface area contributed by atoms with Crippen molar-refractivity contribution in [1.29, 1.82) is 0 Å². The zero-order valence-electron chi connectivity index (χ0n) is 10.1. The molecule has 0 unspecified atom stereocenters. The van der Waals surface area contributed by atoms with Gasteiger partial charge in [-0.05, 0) is 26.8 Å². The van der Waals surface area contributed by atoms with Gasteiger partial charge in [0.15, 0.2) is 0 Å². The first-order chi connectivity index (χ1) is 7.15. The summed E-state index contributed by atoms with van der Waals surface area (Å²) in [5.41, 5.74) is 5.80. The van der Waals surface area contributed by atoms with E-state index >= 15 is 0 Å². The number of hydrogen-bond acceptors (Lipinski definition) is 3. The highest BCUT2D eigenvalue weighted by Gasteiger charge is 2.23. The zero-order valence-corrected chi connectivity index (χ0v) is 10.9. The Balaban J connectivity index is 3.08. The van der Waals surface area contributed by atoms with Crippen molar-refractivity contribution in [3.63, 3.8) is 0 Å². The Bertz CT molecular complexity index is 469. The van der Waals surface area contributed by atoms with Gasteiger partial charge in [-0.2, -0.15) is 0 Å². The Hall–Kier alpha value is -0.850. The highest BCUT2D eigenvalue weighted by atomic mass is 32.2. The molecule has 92 valence electrons. The number of rotatable bonds is 3. The van der Waals surface area contributed by atoms with E-state index < -0.39 is 15.6 Å². The summed E-state index contributed by atoms with van der Waals surface area (Å²) in [6, 6.07) is 1.59. The van der Waals surface area contributed by atoms with Crippen LogP contribution in [0.5, 0.6) is 0 Å². The molecule has 0 bridgehead atoms. The normalized spacial score (nSPS) is 13.1. The monoisotopic (exact) mass is 245 g/mol. The summed E-state index contributed by atoms with van der Waals surface area (Å²) in [7, 11) is -1.68. The molecule has 0 saturated heterocycles. The molecule has 0 aromatic carbocycles. The van der Waals surface area contributed by atoms with E-state index in [-0.39, 0.29) is 4.90 Å². The van der Waals surface area contributed by atoms with Crippen molar-refractivity contribution in [3.05, 3.63) is 18.0 Å². The quantitative estimate of drug-likeness (QED) is 0.817. The van der Waals surface area contributed by atoms with Gasteiger partial charge in [0.05, 0.1) is 4.90 Å². The lowest BCUT2D eigenvalue weighted by Crippen LogP contribution is -2.40. The minimum atomic E-state index is -3.46. The molecule has 0 aliphatic rings. The van der Waals surface area contributed by atoms with E-state index in [1.54, 1.807) is 44.6 Å². The molecular formula is C10H19N3O2S. The van der Waals surface area contributed by atoms with Gasteiger partial charge in [0.2, 0.25) is 10.0 Å². The summed E-state index contributed by atoms with van der Waals surface area (Å²) in [5, 5.41) is 0. The molecule has 0 amide bonds. The van der Waals surface area contributed by atoms with Crippen LogP contribution in [0.3, 0.4) is 0 Å². The van der Waals surface area contributed by atoms with Crippen LogP contribution in [0.1, 0.15) is 26.5 Å². The van der Waals surface area contributed by atoms with Crippen LogP contribution in [-0.4, -0.2) is 18.5 Å². The summed E-state index contributed by atoms with van der Waals surface area (Å²) >= 11 is 0. The van der Waals surface area contributed by atoms with Crippen molar-refractivity contribution in [2.24, 2.45) is 12.8 Å². The Morgan fingerprint density at radius 2 is 2.00 bits per heavy atom. The Morgan fingerprint density at radius 3 is 2.38 bits per heavy atom. The smallest absolute Gasteiger partial charge is 0.242 e. The van der Waals surface area contributed by atoms with E-state index in [1.807, 2.05) is 0 Å². The maximum absolute atomic E-state index is 12.0. The number of nitrogens with zero attached hydrogens (tertiary/aromatic N) is 1. The second-order valence-corrected chi connectivity index (χ2v) is 6.52. The van der Waals surface area contributed by atoms with Gasteiger partial charge in [-0.3, -0.25) is 0 Å². The molecule has 1 rings (SSSR count). The summed E-state index contributed by atoms with van der Waals surface area (Å²) in [4.78, 5) is 0.255. The number of sulfonamides is 1. The van der Waals surface area contributed by atoms with Gasteiger partial charge in [0.1, 0.15) is 0 Å². The SMILES string of the molecule is Cn1cc(S(=O)(=O)NC(C)(C)C)cc1CN. The minimum absolute atomic E-state index is 0.255. The maximum Gasteiger partial charge on any atom is 0.242 e. The average molecular weight is 245 g/mol. The van der Waals surface area contributed by atoms with Crippen molar-refractivity contribution in [2.75, 3.05) is 0 Å². The summed E-state index contributed by atoms with van der Waals surface area (Å²) < 4.78 is 28.2. The molecule has 0 fully saturated rings. The molecule has 0 saturated carbocycles. The molecule has 0 atom stereocenters. The molecule has 0 aliphatic carbocycles. The van der Waals surface area contributed by atoms with Crippen LogP contribution in [-0.2, 0) is 23.6 Å². The molecule has 1 aromatic heterocycles. The van der Waals surface area contributed by atoms with E-state index in [2.05, 4.69) is 4.72 Å². The van der Waals surface area contributed by atoms with Gasteiger partial charge in [-0.15, -0.1) is 0 Å². The standard InChI is InChI=1S/C10H19N3O2S/c1-10(2,3)12-16(14,15)9-5-8(6-11)13(4)7-9/h5,7,12H,6,11H2,1-4H3. The van der Waals surface area contributed by atoms with E-state index in [0.29, 0.717) is 6.54 Å². The van der Waals surface area contributed by atoms with Crippen molar-refractivity contribution < 1.29 is 8.42 Å². The topological polar surface area (TPSA) is 77.1 Å². The van der Waals surface area contributed by atoms with Crippen LogP contribution in [0.2, 0.25) is 0 Å². The third-order valence-electron chi connectivity index (χ3n) is 2.04. The van der Waals surface area contributed by atoms with E-state index in [4.69, 9.17) is 5.73 Å². The Morgan fingerprint density at radius 1 is 1.44 bits per heavy atom. The molecule has 5 nitrogen and oxygen atoms in total. The van der Waals surface area contributed by atoms with Crippen molar-refractivity contribution in [2.45, 2.75) is 37.8 Å². The molecule has 1 aromatic rings. The molecule has 0 radical (unpaired) electrons. The van der Waals surface area contributed by atoms with Crippen LogP contribution >= 0.6 is 0 Å². The van der Waals surface area contributed by atoms with Gasteiger partial charge in [0.25, 0.3) is 0 Å². The minimum Gasteiger partial charge on any atom is -0.352 e. The highest BCUT2D eigenvalue weighted by molar-refractivity contribution is 7.89. The lowest BCUT2D eigenvalue weighted by Gasteiger charge is -2.19. The van der Waals surface area contributed by atoms with Gasteiger partial charge < -0.3 is 10.3 Å². The van der Waals surface area contributed by atoms with Gasteiger partial charge in [-0.25, -0.2) is 13.1 Å². The summed E-state index contributed by atoms with van der Waals surface area (Å²) in [6.45, 7) is 5.73. The third-order valence-corrected chi connectivity index (χ3v) is 3.77. The second-order valence-electron chi connectivity index (χ2n) is 4.84. The van der Waals surface area contributed by atoms with E-state index in [9.17, 15) is 8.42 Å². The first-order valence-corrected chi connectivity index (χ1v) is 6.53. The largest absolute Gasteiger partial charge is 0.352 e. The first-order valence-electron chi connectivity index (χ1n) is 5.05. The molecule has 0 spiro atoms. The van der Waals surface area contributed by atoms with Crippen LogP contribution in [0.4, 0.5) is 0 Å². The van der Waals surface area contributed by atoms with E-state index in [1.165, 1.54) is 0 Å². The number of hydrogen-bond donors (Lipinski definition) is 2. The molecule has 6 heteroatoms. The van der Waals surface area contributed by atoms with Crippen LogP contribution in [0.25, 0.3) is 0 Å². The van der Waals surface area contributed by atoms with E-state index in [0.717, 1.165) is 5.69 Å². The number of nitrogens with two attached hydrogens (primary N) is 1. The molecular weight excluding hydrogens is 226 g/mol. The van der Waals surface area contributed by atoms with Crippen molar-refractivity contribution in [1.82, 2.24) is 9.29 Å². The van der Waals surface area contributed by atoms with Crippen molar-refractivity contribution in [3.8, 4) is 0 Å². The number of aromatic nitrogens is 1. The predicted octanol–water partition coefficient (Wildman–Crippen LogP) is 0.561. The first kappa shape index (κ1) is 13.2. The van der Waals surface area contributed by atoms with Crippen LogP contribution in [0, 0.1) is 0 Å². The lowest BCUT2D eigenvalue weighted by atomic mass is 10.1. The number of nitrogens with one attached hydrogen (secondary N) is 1. The lowest BCUT2D eigenvalue weighted by molar-refractivity contribution is 0.491. The molecule has 16 heavy (non-hydrogen) atoms. The predicted molar refractivity (Wildman–Crippen MR) is 63.4 cm³/mol. The summed E-state index contributed by atoms with van der Waals surface area (Å²) in [6.07, 6.45) is 1.57. The average Bonchev–Trinajstić information content (AvgIpc) is 2.43. The fraction of sp³-hybridized carbons (Fsp3) is 0.600. The molecule has 3 N–H and O–H groups in total. The van der Waals surface area contributed by atoms with Gasteiger partial charge in [-0.1, -0.05) is 0 Å². The molecule has 0 aliphatic heterocycles. The molecule has 1 heterocycles.